The standard InChI is InChI=1S/C46H100O6S2Si5/c1-36(40(28-29-47)52-59(25,26)45(14,15)16)46(53-30-27-31-54-46)34-38(50-57(21,22)43(8,9)10)32-37(49-56(19,20)42(5,6)7)33-39(51-58(23,24)44(11,12)13)35-48-55(17,18)41(2,3)4/h29,36-40H,27-28,30-35H2,1-26H3/t36-,37+,38-,39+,40+/m1/s1. The lowest BCUT2D eigenvalue weighted by Crippen LogP contribution is -2.53. The van der Waals surface area contributed by atoms with Crippen LogP contribution in [0, 0.1) is 5.92 Å². The Kier molecular flexibility index (Phi) is 20.6. The molecule has 0 aromatic carbocycles. The number of hydrogen-bond acceptors (Lipinski definition) is 8. The molecule has 6 nitrogen and oxygen atoms in total. The average molecular weight is 954 g/mol. The maximum Gasteiger partial charge on any atom is 0.192 e. The number of aldehydes is 1. The van der Waals surface area contributed by atoms with Gasteiger partial charge in [-0.2, -0.15) is 0 Å². The van der Waals surface area contributed by atoms with Gasteiger partial charge < -0.3 is 26.9 Å². The summed E-state index contributed by atoms with van der Waals surface area (Å²) in [6.45, 7) is 61.7. The van der Waals surface area contributed by atoms with E-state index in [4.69, 9.17) is 22.1 Å². The molecule has 5 atom stereocenters. The summed E-state index contributed by atoms with van der Waals surface area (Å²) >= 11 is 4.20. The van der Waals surface area contributed by atoms with Crippen LogP contribution in [0.5, 0.6) is 0 Å². The van der Waals surface area contributed by atoms with Crippen molar-refractivity contribution in [3.05, 3.63) is 0 Å². The van der Waals surface area contributed by atoms with E-state index in [9.17, 15) is 4.79 Å². The van der Waals surface area contributed by atoms with Gasteiger partial charge in [-0.3, -0.25) is 0 Å². The molecule has 1 aliphatic rings. The van der Waals surface area contributed by atoms with Crippen molar-refractivity contribution in [3.63, 3.8) is 0 Å². The van der Waals surface area contributed by atoms with Gasteiger partial charge in [-0.25, -0.2) is 0 Å². The van der Waals surface area contributed by atoms with Crippen molar-refractivity contribution in [2.45, 2.75) is 262 Å². The lowest BCUT2D eigenvalue weighted by atomic mass is 9.92. The average Bonchev–Trinajstić information content (AvgIpc) is 3.00. The van der Waals surface area contributed by atoms with E-state index in [2.05, 4.69) is 200 Å². The number of carbonyl (C=O) groups is 1. The summed E-state index contributed by atoms with van der Waals surface area (Å²) in [4.78, 5) is 12.4. The third kappa shape index (κ3) is 16.6. The molecule has 1 heterocycles. The fraction of sp³-hybridized carbons (Fsp3) is 0.978. The van der Waals surface area contributed by atoms with E-state index in [1.54, 1.807) is 0 Å². The Bertz CT molecular complexity index is 1300. The zero-order valence-electron chi connectivity index (χ0n) is 43.9. The van der Waals surface area contributed by atoms with Gasteiger partial charge in [0.25, 0.3) is 0 Å². The van der Waals surface area contributed by atoms with Gasteiger partial charge in [0.15, 0.2) is 41.6 Å². The molecule has 1 rings (SSSR count). The fourth-order valence-corrected chi connectivity index (χ4v) is 16.4. The Hall–Kier alpha value is 1.25. The predicted molar refractivity (Wildman–Crippen MR) is 277 cm³/mol. The maximum absolute atomic E-state index is 12.4. The molecule has 0 aromatic heterocycles. The molecule has 59 heavy (non-hydrogen) atoms. The zero-order valence-corrected chi connectivity index (χ0v) is 50.5. The van der Waals surface area contributed by atoms with Crippen molar-refractivity contribution < 1.29 is 26.9 Å². The highest BCUT2D eigenvalue weighted by molar-refractivity contribution is 8.18. The predicted octanol–water partition coefficient (Wildman–Crippen LogP) is 15.5. The van der Waals surface area contributed by atoms with Gasteiger partial charge >= 0.3 is 0 Å². The first kappa shape index (κ1) is 58.3. The Balaban J connectivity index is 4.04. The minimum atomic E-state index is -2.24. The molecule has 0 spiro atoms. The lowest BCUT2D eigenvalue weighted by Gasteiger charge is -2.50. The second kappa shape index (κ2) is 20.8. The molecule has 13 heteroatoms. The molecule has 0 N–H and O–H groups in total. The highest BCUT2D eigenvalue weighted by Crippen LogP contribution is 2.55. The van der Waals surface area contributed by atoms with E-state index in [0.29, 0.717) is 13.0 Å². The van der Waals surface area contributed by atoms with Gasteiger partial charge in [0.2, 0.25) is 0 Å². The van der Waals surface area contributed by atoms with E-state index in [1.165, 1.54) is 6.42 Å². The van der Waals surface area contributed by atoms with Crippen LogP contribution in [0.2, 0.25) is 90.7 Å². The molecule has 0 aromatic rings. The molecule has 1 saturated heterocycles. The van der Waals surface area contributed by atoms with Crippen LogP contribution in [0.4, 0.5) is 0 Å². The van der Waals surface area contributed by atoms with Crippen molar-refractivity contribution in [3.8, 4) is 0 Å². The van der Waals surface area contributed by atoms with Crippen LogP contribution in [-0.4, -0.2) is 94.5 Å². The first-order valence-electron chi connectivity index (χ1n) is 23.0. The fourth-order valence-electron chi connectivity index (χ4n) is 6.16. The number of rotatable bonds is 21. The summed E-state index contributed by atoms with van der Waals surface area (Å²) in [6, 6.07) is 0. The monoisotopic (exact) mass is 953 g/mol. The van der Waals surface area contributed by atoms with Gasteiger partial charge in [0.05, 0.1) is 22.9 Å². The minimum absolute atomic E-state index is 0.0363. The van der Waals surface area contributed by atoms with Crippen LogP contribution in [0.3, 0.4) is 0 Å². The second-order valence-electron chi connectivity index (χ2n) is 25.7. The SMILES string of the molecule is C[C@H]([C@H](CC=O)O[Si](C)(C)C(C)(C)C)C1(C[C@@H](C[C@@H](C[C@@H](CO[Si](C)(C)C(C)(C)C)O[Si](C)(C)C(C)(C)C)O[Si](C)(C)C(C)(C)C)O[Si](C)(C)C(C)(C)C)SCCCS1. The van der Waals surface area contributed by atoms with Crippen LogP contribution >= 0.6 is 23.5 Å². The molecule has 0 unspecified atom stereocenters. The number of hydrogen-bond donors (Lipinski definition) is 0. The number of thioether (sulfide) groups is 2. The quantitative estimate of drug-likeness (QED) is 0.0833. The highest BCUT2D eigenvalue weighted by atomic mass is 32.2. The number of carbonyl (C=O) groups excluding carboxylic acids is 1. The molecule has 0 aliphatic carbocycles. The molecule has 0 bridgehead atoms. The summed E-state index contributed by atoms with van der Waals surface area (Å²) < 4.78 is 36.8. The first-order chi connectivity index (χ1) is 26.0. The normalized spacial score (nSPS) is 19.9. The smallest absolute Gasteiger partial charge is 0.192 e. The summed E-state index contributed by atoms with van der Waals surface area (Å²) in [5.74, 6) is 2.36. The van der Waals surface area contributed by atoms with Crippen LogP contribution in [0.25, 0.3) is 0 Å². The van der Waals surface area contributed by atoms with Crippen LogP contribution in [-0.2, 0) is 26.9 Å². The van der Waals surface area contributed by atoms with E-state index >= 15 is 0 Å². The largest absolute Gasteiger partial charge is 0.414 e. The molecule has 0 amide bonds. The van der Waals surface area contributed by atoms with E-state index in [1.807, 2.05) is 0 Å². The summed E-state index contributed by atoms with van der Waals surface area (Å²) in [7, 11) is -10.9. The second-order valence-corrected chi connectivity index (χ2v) is 52.7. The summed E-state index contributed by atoms with van der Waals surface area (Å²) in [6.07, 6.45) is 4.83. The third-order valence-corrected chi connectivity index (χ3v) is 42.0. The molecule has 0 radical (unpaired) electrons. The van der Waals surface area contributed by atoms with Crippen LogP contribution in [0.15, 0.2) is 0 Å². The van der Waals surface area contributed by atoms with Crippen LogP contribution < -0.4 is 0 Å². The van der Waals surface area contributed by atoms with Crippen molar-refractivity contribution in [2.24, 2.45) is 5.92 Å². The third-order valence-electron chi connectivity index (χ3n) is 15.6. The topological polar surface area (TPSA) is 63.2 Å². The molecule has 1 fully saturated rings. The van der Waals surface area contributed by atoms with Gasteiger partial charge in [0.1, 0.15) is 6.29 Å². The zero-order chi connectivity index (χ0) is 46.7. The molecule has 0 saturated carbocycles. The van der Waals surface area contributed by atoms with E-state index in [0.717, 1.165) is 37.1 Å². The summed E-state index contributed by atoms with van der Waals surface area (Å²) in [5, 5.41) is 0.303. The molecule has 1 aliphatic heterocycles. The Morgan fingerprint density at radius 1 is 0.525 bits per heavy atom. The first-order valence-corrected chi connectivity index (χ1v) is 39.6. The van der Waals surface area contributed by atoms with E-state index in [-0.39, 0.29) is 59.6 Å². The minimum Gasteiger partial charge on any atom is -0.414 e. The summed E-state index contributed by atoms with van der Waals surface area (Å²) in [5.41, 5.74) is 0. The van der Waals surface area contributed by atoms with Crippen LogP contribution in [0.1, 0.15) is 143 Å². The van der Waals surface area contributed by atoms with Crippen molar-refractivity contribution in [1.82, 2.24) is 0 Å². The Labute approximate surface area is 382 Å². The van der Waals surface area contributed by atoms with Gasteiger partial charge in [-0.05, 0) is 128 Å². The Morgan fingerprint density at radius 2 is 0.864 bits per heavy atom. The van der Waals surface area contributed by atoms with Crippen molar-refractivity contribution in [2.75, 3.05) is 18.1 Å². The Morgan fingerprint density at radius 3 is 1.24 bits per heavy atom. The molecular formula is C46H100O6S2Si5. The van der Waals surface area contributed by atoms with Crippen molar-refractivity contribution >= 4 is 71.4 Å². The molecule has 352 valence electrons. The van der Waals surface area contributed by atoms with Crippen molar-refractivity contribution in [1.29, 1.82) is 0 Å². The maximum atomic E-state index is 12.4. The molecular weight excluding hydrogens is 853 g/mol. The van der Waals surface area contributed by atoms with Gasteiger partial charge in [-0.15, -0.1) is 23.5 Å². The lowest BCUT2D eigenvalue weighted by molar-refractivity contribution is -0.109. The highest BCUT2D eigenvalue weighted by Gasteiger charge is 2.51. The van der Waals surface area contributed by atoms with Gasteiger partial charge in [-0.1, -0.05) is 111 Å². The van der Waals surface area contributed by atoms with E-state index < -0.39 is 41.6 Å². The van der Waals surface area contributed by atoms with Gasteiger partial charge in [0, 0.05) is 24.5 Å².